The van der Waals surface area contributed by atoms with Crippen molar-refractivity contribution in [3.8, 4) is 0 Å². The normalized spacial score (nSPS) is 12.9. The van der Waals surface area contributed by atoms with Crippen LogP contribution in [-0.2, 0) is 16.1 Å². The van der Waals surface area contributed by atoms with Gasteiger partial charge in [-0.25, -0.2) is 4.79 Å². The first-order chi connectivity index (χ1) is 16.4. The topological polar surface area (TPSA) is 95.5 Å². The van der Waals surface area contributed by atoms with Crippen molar-refractivity contribution in [2.75, 3.05) is 0 Å². The van der Waals surface area contributed by atoms with E-state index in [9.17, 15) is 19.5 Å². The van der Waals surface area contributed by atoms with Gasteiger partial charge in [-0.2, -0.15) is 0 Å². The average molecular weight is 473 g/mol. The van der Waals surface area contributed by atoms with Crippen LogP contribution >= 0.6 is 0 Å². The van der Waals surface area contributed by atoms with E-state index < -0.39 is 17.9 Å². The summed E-state index contributed by atoms with van der Waals surface area (Å²) < 4.78 is 0. The van der Waals surface area contributed by atoms with Gasteiger partial charge in [-0.15, -0.1) is 0 Å². The molecule has 6 nitrogen and oxygen atoms in total. The third-order valence-corrected chi connectivity index (χ3v) is 6.14. The van der Waals surface area contributed by atoms with Gasteiger partial charge >= 0.3 is 5.97 Å². The smallest absolute Gasteiger partial charge is 0.326 e. The Balaban J connectivity index is 2.24. The predicted octanol–water partition coefficient (Wildman–Crippen LogP) is 6.01. The number of nitrogens with one attached hydrogen (secondary N) is 2. The molecule has 0 bridgehead atoms. The van der Waals surface area contributed by atoms with Gasteiger partial charge in [0.25, 0.3) is 5.91 Å². The number of carbonyl (C=O) groups is 3. The number of hydrogen-bond donors (Lipinski definition) is 3. The molecule has 2 atom stereocenters. The lowest BCUT2D eigenvalue weighted by atomic mass is 9.99. The molecule has 0 saturated carbocycles. The monoisotopic (exact) mass is 472 g/mol. The van der Waals surface area contributed by atoms with Crippen molar-refractivity contribution in [1.82, 2.24) is 10.6 Å². The van der Waals surface area contributed by atoms with Crippen LogP contribution in [0.2, 0.25) is 0 Å². The Labute approximate surface area is 205 Å². The molecule has 0 unspecified atom stereocenters. The fourth-order valence-corrected chi connectivity index (χ4v) is 3.61. The van der Waals surface area contributed by atoms with Crippen molar-refractivity contribution < 1.29 is 19.5 Å². The van der Waals surface area contributed by atoms with E-state index >= 15 is 0 Å². The van der Waals surface area contributed by atoms with Crippen LogP contribution in [0.4, 0.5) is 0 Å². The molecule has 190 valence electrons. The molecule has 0 radical (unpaired) electrons. The van der Waals surface area contributed by atoms with Crippen LogP contribution < -0.4 is 10.6 Å². The molecule has 0 aliphatic rings. The molecule has 1 rings (SSSR count). The second-order valence-electron chi connectivity index (χ2n) is 9.07. The number of carboxylic acid groups (broad SMARTS) is 1. The van der Waals surface area contributed by atoms with E-state index in [2.05, 4.69) is 29.7 Å². The number of carbonyl (C=O) groups excluding carboxylic acids is 2. The number of hydrogen-bond acceptors (Lipinski definition) is 3. The highest BCUT2D eigenvalue weighted by atomic mass is 16.4. The van der Waals surface area contributed by atoms with E-state index in [-0.39, 0.29) is 11.8 Å². The van der Waals surface area contributed by atoms with Crippen LogP contribution in [-0.4, -0.2) is 28.9 Å². The summed E-state index contributed by atoms with van der Waals surface area (Å²) in [7, 11) is 0. The van der Waals surface area contributed by atoms with Gasteiger partial charge in [0.2, 0.25) is 5.91 Å². The minimum absolute atomic E-state index is 0.0403. The molecule has 0 saturated heterocycles. The number of unbranched alkanes of at least 4 members (excludes halogenated alkanes) is 7. The molecule has 34 heavy (non-hydrogen) atoms. The van der Waals surface area contributed by atoms with Crippen molar-refractivity contribution in [3.05, 3.63) is 47.5 Å². The Kier molecular flexibility index (Phi) is 15.4. The molecule has 3 N–H and O–H groups in total. The van der Waals surface area contributed by atoms with Gasteiger partial charge in [-0.05, 0) is 49.3 Å². The molecule has 0 aliphatic heterocycles. The molecule has 0 aromatic heterocycles. The zero-order valence-corrected chi connectivity index (χ0v) is 21.3. The van der Waals surface area contributed by atoms with Crippen LogP contribution in [0.5, 0.6) is 0 Å². The van der Waals surface area contributed by atoms with Gasteiger partial charge in [0, 0.05) is 18.5 Å². The maximum Gasteiger partial charge on any atom is 0.326 e. The first-order valence-corrected chi connectivity index (χ1v) is 12.9. The highest BCUT2D eigenvalue weighted by Crippen LogP contribution is 2.11. The van der Waals surface area contributed by atoms with Gasteiger partial charge in [0.1, 0.15) is 6.04 Å². The zero-order valence-electron chi connectivity index (χ0n) is 21.3. The Morgan fingerprint density at radius 1 is 0.912 bits per heavy atom. The van der Waals surface area contributed by atoms with Crippen molar-refractivity contribution >= 4 is 17.8 Å². The maximum absolute atomic E-state index is 12.4. The molecule has 0 fully saturated rings. The molecule has 0 spiro atoms. The molecule has 0 aliphatic carbocycles. The Morgan fingerprint density at radius 3 is 2.15 bits per heavy atom. The fourth-order valence-electron chi connectivity index (χ4n) is 3.61. The third-order valence-electron chi connectivity index (χ3n) is 6.14. The molecule has 6 heteroatoms. The Hall–Kier alpha value is -2.63. The minimum atomic E-state index is -1.03. The standard InChI is InChI=1S/C28H44N2O4/c1-4-6-7-8-9-10-11-12-13-14-15-16-25(31)29-21-23-17-19-24(20-18-23)27(32)30-26(28(33)34)22(3)5-2/h8-9,17-20,22,26H,4-7,10-16,21H2,1-3H3,(H,29,31)(H,30,32)(H,33,34)/b9-8-/t22-,26-/m0/s1. The summed E-state index contributed by atoms with van der Waals surface area (Å²) in [5.74, 6) is -1.56. The number of benzene rings is 1. The first-order valence-electron chi connectivity index (χ1n) is 12.9. The van der Waals surface area contributed by atoms with Gasteiger partial charge < -0.3 is 15.7 Å². The van der Waals surface area contributed by atoms with E-state index in [4.69, 9.17) is 0 Å². The lowest BCUT2D eigenvalue weighted by molar-refractivity contribution is -0.140. The van der Waals surface area contributed by atoms with Crippen molar-refractivity contribution in [1.29, 1.82) is 0 Å². The summed E-state index contributed by atoms with van der Waals surface area (Å²) >= 11 is 0. The molecule has 1 aromatic carbocycles. The lowest BCUT2D eigenvalue weighted by Crippen LogP contribution is -2.45. The largest absolute Gasteiger partial charge is 0.480 e. The fraction of sp³-hybridized carbons (Fsp3) is 0.607. The van der Waals surface area contributed by atoms with Crippen molar-refractivity contribution in [3.63, 3.8) is 0 Å². The molecular weight excluding hydrogens is 428 g/mol. The molecule has 2 amide bonds. The average Bonchev–Trinajstić information content (AvgIpc) is 2.84. The van der Waals surface area contributed by atoms with Gasteiger partial charge in [0.05, 0.1) is 0 Å². The summed E-state index contributed by atoms with van der Waals surface area (Å²) in [6.45, 7) is 6.32. The quantitative estimate of drug-likeness (QED) is 0.180. The number of amides is 2. The van der Waals surface area contributed by atoms with Gasteiger partial charge in [0.15, 0.2) is 0 Å². The second kappa shape index (κ2) is 17.8. The summed E-state index contributed by atoms with van der Waals surface area (Å²) in [5.41, 5.74) is 1.30. The van der Waals surface area contributed by atoms with Crippen molar-refractivity contribution in [2.45, 2.75) is 104 Å². The molecule has 1 aromatic rings. The van der Waals surface area contributed by atoms with E-state index in [1.807, 2.05) is 6.92 Å². The molecular formula is C28H44N2O4. The van der Waals surface area contributed by atoms with Crippen LogP contribution in [0.25, 0.3) is 0 Å². The number of carboxylic acids is 1. The predicted molar refractivity (Wildman–Crippen MR) is 138 cm³/mol. The SMILES string of the molecule is CCCC/C=C\CCCCCCCC(=O)NCc1ccc(C(=O)N[C@H](C(=O)O)[C@@H](C)CC)cc1. The van der Waals surface area contributed by atoms with Crippen LogP contribution in [0.3, 0.4) is 0 Å². The lowest BCUT2D eigenvalue weighted by Gasteiger charge is -2.20. The maximum atomic E-state index is 12.4. The summed E-state index contributed by atoms with van der Waals surface area (Å²) in [4.78, 5) is 35.9. The first kappa shape index (κ1) is 29.4. The summed E-state index contributed by atoms with van der Waals surface area (Å²) in [6, 6.07) is 5.97. The van der Waals surface area contributed by atoms with E-state index in [0.29, 0.717) is 24.9 Å². The number of aliphatic carboxylic acids is 1. The van der Waals surface area contributed by atoms with E-state index in [1.165, 1.54) is 38.5 Å². The van der Waals surface area contributed by atoms with Crippen LogP contribution in [0.1, 0.15) is 107 Å². The van der Waals surface area contributed by atoms with E-state index in [1.54, 1.807) is 31.2 Å². The second-order valence-corrected chi connectivity index (χ2v) is 9.07. The number of rotatable bonds is 18. The minimum Gasteiger partial charge on any atom is -0.480 e. The summed E-state index contributed by atoms with van der Waals surface area (Å²) in [5, 5.41) is 14.9. The Bertz CT molecular complexity index is 758. The highest BCUT2D eigenvalue weighted by molar-refractivity contribution is 5.96. The van der Waals surface area contributed by atoms with Gasteiger partial charge in [-0.3, -0.25) is 9.59 Å². The van der Waals surface area contributed by atoms with Crippen LogP contribution in [0.15, 0.2) is 36.4 Å². The zero-order chi connectivity index (χ0) is 25.2. The van der Waals surface area contributed by atoms with Crippen LogP contribution in [0, 0.1) is 5.92 Å². The third kappa shape index (κ3) is 12.6. The highest BCUT2D eigenvalue weighted by Gasteiger charge is 2.25. The summed E-state index contributed by atoms with van der Waals surface area (Å²) in [6.07, 6.45) is 16.2. The molecule has 0 heterocycles. The van der Waals surface area contributed by atoms with Crippen molar-refractivity contribution in [2.24, 2.45) is 5.92 Å². The van der Waals surface area contributed by atoms with E-state index in [0.717, 1.165) is 24.8 Å². The number of allylic oxidation sites excluding steroid dienone is 2. The van der Waals surface area contributed by atoms with Gasteiger partial charge in [-0.1, -0.05) is 83.6 Å². The Morgan fingerprint density at radius 2 is 1.53 bits per heavy atom.